The zero-order valence-corrected chi connectivity index (χ0v) is 22.1. The first-order valence-electron chi connectivity index (χ1n) is 15.0. The average molecular weight is 502 g/mol. The van der Waals surface area contributed by atoms with E-state index < -0.39 is 0 Å². The van der Waals surface area contributed by atoms with Crippen LogP contribution in [0.3, 0.4) is 0 Å². The summed E-state index contributed by atoms with van der Waals surface area (Å²) in [6, 6.07) is 39.4. The Labute approximate surface area is 229 Å². The zero-order chi connectivity index (χ0) is 25.3. The maximum atomic E-state index is 2.67. The van der Waals surface area contributed by atoms with Crippen LogP contribution < -0.4 is 0 Å². The van der Waals surface area contributed by atoms with Crippen LogP contribution in [-0.2, 0) is 5.41 Å². The molecule has 0 saturated heterocycles. The highest BCUT2D eigenvalue weighted by Crippen LogP contribution is 2.69. The lowest BCUT2D eigenvalue weighted by Gasteiger charge is -2.61. The molecule has 188 valence electrons. The second kappa shape index (κ2) is 7.21. The fourth-order valence-corrected chi connectivity index (χ4v) is 10.3. The summed E-state index contributed by atoms with van der Waals surface area (Å²) in [5.41, 5.74) is 10.4. The van der Waals surface area contributed by atoms with Crippen molar-refractivity contribution in [2.45, 2.75) is 37.5 Å². The Morgan fingerprint density at radius 1 is 0.538 bits per heavy atom. The molecule has 1 aromatic heterocycles. The monoisotopic (exact) mass is 501 g/mol. The van der Waals surface area contributed by atoms with Gasteiger partial charge in [-0.2, -0.15) is 0 Å². The zero-order valence-electron chi connectivity index (χ0n) is 22.1. The summed E-state index contributed by atoms with van der Waals surface area (Å²) < 4.78 is 2.54. The number of rotatable bonds is 1. The number of hydrogen-bond acceptors (Lipinski definition) is 0. The molecule has 5 aliphatic rings. The van der Waals surface area contributed by atoms with Crippen molar-refractivity contribution in [2.75, 3.05) is 0 Å². The first kappa shape index (κ1) is 21.0. The molecule has 0 radical (unpaired) electrons. The van der Waals surface area contributed by atoms with Crippen molar-refractivity contribution in [3.63, 3.8) is 0 Å². The van der Waals surface area contributed by atoms with Crippen molar-refractivity contribution < 1.29 is 0 Å². The molecule has 0 N–H and O–H groups in total. The highest BCUT2D eigenvalue weighted by Gasteiger charge is 2.61. The largest absolute Gasteiger partial charge is 0.309 e. The van der Waals surface area contributed by atoms with Crippen molar-refractivity contribution >= 4 is 32.6 Å². The van der Waals surface area contributed by atoms with Gasteiger partial charge in [0.15, 0.2) is 0 Å². The first-order valence-corrected chi connectivity index (χ1v) is 15.0. The van der Waals surface area contributed by atoms with Gasteiger partial charge in [-0.15, -0.1) is 0 Å². The fraction of sp³-hybridized carbons (Fsp3) is 0.263. The quantitative estimate of drug-likeness (QED) is 0.211. The molecule has 4 fully saturated rings. The van der Waals surface area contributed by atoms with Gasteiger partial charge in [0.2, 0.25) is 0 Å². The molecule has 1 heterocycles. The molecule has 0 unspecified atom stereocenters. The normalized spacial score (nSPS) is 28.1. The summed E-state index contributed by atoms with van der Waals surface area (Å²) in [6.07, 6.45) is 7.20. The minimum Gasteiger partial charge on any atom is -0.309 e. The summed E-state index contributed by atoms with van der Waals surface area (Å²) in [5, 5.41) is 5.44. The molecule has 5 aliphatic carbocycles. The second-order valence-electron chi connectivity index (χ2n) is 13.0. The standard InChI is InChI=1S/C38H31N/c1-2-9-28(10-3-1)39-36-22-32-30-12-6-7-13-34(30)38(26-17-23-16-24(19-26)20-27(38)18-23)35(32)21-33(36)31-15-14-25-8-4-5-11-29(25)37(31)39/h1-15,21-24,26-27H,16-20H2. The van der Waals surface area contributed by atoms with Gasteiger partial charge in [0.1, 0.15) is 0 Å². The van der Waals surface area contributed by atoms with Crippen LogP contribution in [0.15, 0.2) is 103 Å². The van der Waals surface area contributed by atoms with Crippen LogP contribution in [0.25, 0.3) is 49.4 Å². The third kappa shape index (κ3) is 2.49. The van der Waals surface area contributed by atoms with Crippen LogP contribution in [0.4, 0.5) is 0 Å². The second-order valence-corrected chi connectivity index (χ2v) is 13.0. The lowest BCUT2D eigenvalue weighted by molar-refractivity contribution is -0.0399. The Kier molecular flexibility index (Phi) is 3.89. The molecule has 1 spiro atoms. The third-order valence-corrected chi connectivity index (χ3v) is 11.3. The number of hydrogen-bond donors (Lipinski definition) is 0. The van der Waals surface area contributed by atoms with Gasteiger partial charge >= 0.3 is 0 Å². The molecular formula is C38H31N. The minimum absolute atomic E-state index is 0.200. The van der Waals surface area contributed by atoms with Crippen LogP contribution >= 0.6 is 0 Å². The van der Waals surface area contributed by atoms with Gasteiger partial charge in [0.05, 0.1) is 11.0 Å². The molecule has 4 bridgehead atoms. The highest BCUT2D eigenvalue weighted by molar-refractivity contribution is 6.19. The van der Waals surface area contributed by atoms with Crippen LogP contribution in [0, 0.1) is 23.7 Å². The van der Waals surface area contributed by atoms with Crippen molar-refractivity contribution in [2.24, 2.45) is 23.7 Å². The predicted molar refractivity (Wildman–Crippen MR) is 162 cm³/mol. The molecule has 11 rings (SSSR count). The molecule has 1 heteroatoms. The molecular weight excluding hydrogens is 470 g/mol. The maximum absolute atomic E-state index is 2.67. The summed E-state index contributed by atoms with van der Waals surface area (Å²) in [7, 11) is 0. The number of para-hydroxylation sites is 1. The molecule has 4 saturated carbocycles. The summed E-state index contributed by atoms with van der Waals surface area (Å²) in [6.45, 7) is 0. The van der Waals surface area contributed by atoms with E-state index in [0.29, 0.717) is 0 Å². The van der Waals surface area contributed by atoms with Crippen LogP contribution in [-0.4, -0.2) is 4.57 Å². The third-order valence-electron chi connectivity index (χ3n) is 11.3. The molecule has 5 aromatic carbocycles. The van der Waals surface area contributed by atoms with Crippen LogP contribution in [0.1, 0.15) is 43.2 Å². The van der Waals surface area contributed by atoms with Crippen molar-refractivity contribution in [1.82, 2.24) is 4.57 Å². The molecule has 0 aliphatic heterocycles. The van der Waals surface area contributed by atoms with E-state index in [4.69, 9.17) is 0 Å². The Hall–Kier alpha value is -3.84. The maximum Gasteiger partial charge on any atom is 0.0619 e. The average Bonchev–Trinajstić information content (AvgIpc) is 3.45. The van der Waals surface area contributed by atoms with Crippen molar-refractivity contribution in [3.05, 3.63) is 114 Å². The van der Waals surface area contributed by atoms with E-state index in [1.807, 2.05) is 0 Å². The van der Waals surface area contributed by atoms with E-state index in [1.165, 1.54) is 81.5 Å². The van der Waals surface area contributed by atoms with Gasteiger partial charge in [-0.3, -0.25) is 0 Å². The number of fused-ring (bicyclic) bond motifs is 8. The Bertz CT molecular complexity index is 1950. The van der Waals surface area contributed by atoms with Gasteiger partial charge in [0, 0.05) is 27.3 Å². The van der Waals surface area contributed by atoms with Gasteiger partial charge in [-0.1, -0.05) is 78.9 Å². The first-order chi connectivity index (χ1) is 19.3. The smallest absolute Gasteiger partial charge is 0.0619 e. The summed E-state index contributed by atoms with van der Waals surface area (Å²) in [4.78, 5) is 0. The predicted octanol–water partition coefficient (Wildman–Crippen LogP) is 9.66. The molecule has 6 aromatic rings. The number of nitrogens with zero attached hydrogens (tertiary/aromatic N) is 1. The number of aromatic nitrogens is 1. The van der Waals surface area contributed by atoms with Gasteiger partial charge < -0.3 is 4.57 Å². The van der Waals surface area contributed by atoms with E-state index >= 15 is 0 Å². The molecule has 39 heavy (non-hydrogen) atoms. The molecule has 0 amide bonds. The Morgan fingerprint density at radius 3 is 2.08 bits per heavy atom. The summed E-state index contributed by atoms with van der Waals surface area (Å²) in [5.74, 6) is 3.50. The Morgan fingerprint density at radius 2 is 1.26 bits per heavy atom. The fourth-order valence-electron chi connectivity index (χ4n) is 10.3. The van der Waals surface area contributed by atoms with Gasteiger partial charge in [-0.05, 0) is 108 Å². The lowest BCUT2D eigenvalue weighted by atomic mass is 9.43. The minimum atomic E-state index is 0.200. The lowest BCUT2D eigenvalue weighted by Crippen LogP contribution is -2.55. The topological polar surface area (TPSA) is 4.93 Å². The van der Waals surface area contributed by atoms with Crippen LogP contribution in [0.5, 0.6) is 0 Å². The van der Waals surface area contributed by atoms with E-state index in [9.17, 15) is 0 Å². The molecule has 0 atom stereocenters. The Balaban J connectivity index is 1.37. The SMILES string of the molecule is c1ccc(-n2c3cc4c(cc3c3ccc5ccccc5c32)C2(c3ccccc3-4)C3CC4CC(C3)CC2C4)cc1. The van der Waals surface area contributed by atoms with E-state index in [1.54, 1.807) is 11.1 Å². The van der Waals surface area contributed by atoms with Crippen molar-refractivity contribution in [3.8, 4) is 16.8 Å². The van der Waals surface area contributed by atoms with E-state index in [2.05, 4.69) is 108 Å². The van der Waals surface area contributed by atoms with E-state index in [0.717, 1.165) is 23.7 Å². The van der Waals surface area contributed by atoms with E-state index in [-0.39, 0.29) is 5.41 Å². The highest BCUT2D eigenvalue weighted by atomic mass is 15.0. The molecule has 1 nitrogen and oxygen atoms in total. The van der Waals surface area contributed by atoms with Crippen LogP contribution in [0.2, 0.25) is 0 Å². The van der Waals surface area contributed by atoms with Gasteiger partial charge in [-0.25, -0.2) is 0 Å². The van der Waals surface area contributed by atoms with Crippen molar-refractivity contribution in [1.29, 1.82) is 0 Å². The number of benzene rings is 5. The van der Waals surface area contributed by atoms with Gasteiger partial charge in [0.25, 0.3) is 0 Å². The summed E-state index contributed by atoms with van der Waals surface area (Å²) >= 11 is 0.